The zero-order valence-corrected chi connectivity index (χ0v) is 14.7. The van der Waals surface area contributed by atoms with Gasteiger partial charge in [-0.15, -0.1) is 12.4 Å². The van der Waals surface area contributed by atoms with Crippen LogP contribution in [0.15, 0.2) is 30.3 Å². The van der Waals surface area contributed by atoms with Gasteiger partial charge >= 0.3 is 0 Å². The van der Waals surface area contributed by atoms with Gasteiger partial charge in [0, 0.05) is 0 Å². The van der Waals surface area contributed by atoms with Crippen molar-refractivity contribution in [3.05, 3.63) is 35.9 Å². The summed E-state index contributed by atoms with van der Waals surface area (Å²) in [6.07, 6.45) is 5.98. The van der Waals surface area contributed by atoms with Crippen LogP contribution in [0, 0.1) is 17.2 Å². The lowest BCUT2D eigenvalue weighted by Crippen LogP contribution is -2.38. The fourth-order valence-corrected chi connectivity index (χ4v) is 3.51. The Kier molecular flexibility index (Phi) is 7.93. The minimum atomic E-state index is -0.340. The van der Waals surface area contributed by atoms with E-state index in [2.05, 4.69) is 49.1 Å². The molecular weight excluding hydrogens is 292 g/mol. The van der Waals surface area contributed by atoms with Crippen LogP contribution in [0.2, 0.25) is 0 Å². The molecule has 1 aliphatic rings. The largest absolute Gasteiger partial charge is 0.303 e. The molecule has 2 rings (SSSR count). The predicted octanol–water partition coefficient (Wildman–Crippen LogP) is 4.79. The van der Waals surface area contributed by atoms with Crippen LogP contribution in [0.1, 0.15) is 51.5 Å². The molecule has 0 saturated carbocycles. The quantitative estimate of drug-likeness (QED) is 0.753. The summed E-state index contributed by atoms with van der Waals surface area (Å²) in [6, 6.07) is 13.1. The van der Waals surface area contributed by atoms with Gasteiger partial charge in [0.05, 0.1) is 11.5 Å². The third kappa shape index (κ3) is 4.24. The first-order valence-corrected chi connectivity index (χ1v) is 8.42. The molecule has 1 aliphatic heterocycles. The molecule has 1 saturated heterocycles. The molecule has 1 aromatic rings. The van der Waals surface area contributed by atoms with E-state index in [0.29, 0.717) is 5.92 Å². The van der Waals surface area contributed by atoms with E-state index in [1.165, 1.54) is 37.9 Å². The molecule has 2 unspecified atom stereocenters. The van der Waals surface area contributed by atoms with E-state index in [1.807, 2.05) is 6.07 Å². The van der Waals surface area contributed by atoms with Crippen molar-refractivity contribution in [2.75, 3.05) is 19.6 Å². The molecule has 1 aromatic carbocycles. The maximum Gasteiger partial charge on any atom is 0.0859 e. The van der Waals surface area contributed by atoms with E-state index in [9.17, 15) is 5.26 Å². The third-order valence-corrected chi connectivity index (χ3v) is 5.21. The van der Waals surface area contributed by atoms with Gasteiger partial charge in [0.2, 0.25) is 0 Å². The van der Waals surface area contributed by atoms with Gasteiger partial charge in [-0.25, -0.2) is 0 Å². The number of nitriles is 1. The van der Waals surface area contributed by atoms with Gasteiger partial charge in [-0.1, -0.05) is 57.0 Å². The van der Waals surface area contributed by atoms with Crippen molar-refractivity contribution in [2.45, 2.75) is 51.4 Å². The Morgan fingerprint density at radius 1 is 1.18 bits per heavy atom. The molecule has 0 amide bonds. The Morgan fingerprint density at radius 3 is 2.36 bits per heavy atom. The standard InChI is InChI=1S/C19H28N2.ClH/c1-3-17(2)19(16-20,18-10-6-4-7-11-18)12-15-21-13-8-5-9-14-21;/h4,6-7,10-11,17H,3,5,8-9,12-15H2,1-2H3;1H. The Balaban J connectivity index is 0.00000242. The Hall–Kier alpha value is -1.04. The molecule has 0 spiro atoms. The number of benzene rings is 1. The highest BCUT2D eigenvalue weighted by molar-refractivity contribution is 5.85. The van der Waals surface area contributed by atoms with Crippen molar-refractivity contribution in [2.24, 2.45) is 5.92 Å². The van der Waals surface area contributed by atoms with Gasteiger partial charge in [-0.05, 0) is 50.4 Å². The molecule has 1 heterocycles. The van der Waals surface area contributed by atoms with Crippen molar-refractivity contribution in [1.29, 1.82) is 5.26 Å². The minimum Gasteiger partial charge on any atom is -0.303 e. The molecule has 1 fully saturated rings. The molecule has 2 atom stereocenters. The zero-order chi connectivity index (χ0) is 15.1. The predicted molar refractivity (Wildman–Crippen MR) is 95.3 cm³/mol. The van der Waals surface area contributed by atoms with Crippen LogP contribution in [0.4, 0.5) is 0 Å². The Labute approximate surface area is 141 Å². The number of likely N-dealkylation sites (tertiary alicyclic amines) is 1. The van der Waals surface area contributed by atoms with E-state index < -0.39 is 0 Å². The maximum atomic E-state index is 9.99. The maximum absolute atomic E-state index is 9.99. The summed E-state index contributed by atoms with van der Waals surface area (Å²) < 4.78 is 0. The molecule has 0 bridgehead atoms. The van der Waals surface area contributed by atoms with Crippen LogP contribution in [0.3, 0.4) is 0 Å². The fraction of sp³-hybridized carbons (Fsp3) is 0.632. The van der Waals surface area contributed by atoms with Crippen LogP contribution in [-0.4, -0.2) is 24.5 Å². The normalized spacial score (nSPS) is 19.5. The number of hydrogen-bond acceptors (Lipinski definition) is 2. The van der Waals surface area contributed by atoms with Crippen molar-refractivity contribution in [3.8, 4) is 6.07 Å². The second-order valence-electron chi connectivity index (χ2n) is 6.41. The summed E-state index contributed by atoms with van der Waals surface area (Å²) in [5, 5.41) is 9.99. The molecule has 2 nitrogen and oxygen atoms in total. The molecular formula is C19H29ClN2. The number of piperidine rings is 1. The monoisotopic (exact) mass is 320 g/mol. The summed E-state index contributed by atoms with van der Waals surface area (Å²) in [5.74, 6) is 0.384. The van der Waals surface area contributed by atoms with Crippen molar-refractivity contribution >= 4 is 12.4 Å². The Bertz CT molecular complexity index is 462. The smallest absolute Gasteiger partial charge is 0.0859 e. The molecule has 0 N–H and O–H groups in total. The molecule has 22 heavy (non-hydrogen) atoms. The third-order valence-electron chi connectivity index (χ3n) is 5.21. The average Bonchev–Trinajstić information content (AvgIpc) is 2.57. The van der Waals surface area contributed by atoms with Gasteiger partial charge in [0.15, 0.2) is 0 Å². The second-order valence-corrected chi connectivity index (χ2v) is 6.41. The van der Waals surface area contributed by atoms with Crippen LogP contribution in [0.5, 0.6) is 0 Å². The van der Waals surface area contributed by atoms with Gasteiger partial charge in [0.25, 0.3) is 0 Å². The highest BCUT2D eigenvalue weighted by Crippen LogP contribution is 2.37. The van der Waals surface area contributed by atoms with E-state index in [0.717, 1.165) is 19.4 Å². The van der Waals surface area contributed by atoms with E-state index in [-0.39, 0.29) is 17.8 Å². The highest BCUT2D eigenvalue weighted by atomic mass is 35.5. The average molecular weight is 321 g/mol. The molecule has 0 aromatic heterocycles. The van der Waals surface area contributed by atoms with Crippen LogP contribution < -0.4 is 0 Å². The SMILES string of the molecule is CCC(C)C(C#N)(CCN1CCCCC1)c1ccccc1.Cl. The van der Waals surface area contributed by atoms with E-state index in [4.69, 9.17) is 0 Å². The number of nitrogens with zero attached hydrogens (tertiary/aromatic N) is 2. The summed E-state index contributed by atoms with van der Waals surface area (Å²) in [5.41, 5.74) is 0.854. The van der Waals surface area contributed by atoms with Crippen molar-refractivity contribution in [3.63, 3.8) is 0 Å². The topological polar surface area (TPSA) is 27.0 Å². The molecule has 0 aliphatic carbocycles. The summed E-state index contributed by atoms with van der Waals surface area (Å²) in [6.45, 7) is 7.88. The lowest BCUT2D eigenvalue weighted by Gasteiger charge is -2.36. The summed E-state index contributed by atoms with van der Waals surface area (Å²) >= 11 is 0. The zero-order valence-electron chi connectivity index (χ0n) is 13.9. The van der Waals surface area contributed by atoms with Crippen LogP contribution in [0.25, 0.3) is 0 Å². The van der Waals surface area contributed by atoms with E-state index >= 15 is 0 Å². The summed E-state index contributed by atoms with van der Waals surface area (Å²) in [7, 11) is 0. The second kappa shape index (κ2) is 9.18. The first-order chi connectivity index (χ1) is 10.2. The lowest BCUT2D eigenvalue weighted by atomic mass is 9.68. The molecule has 122 valence electrons. The van der Waals surface area contributed by atoms with Gasteiger partial charge in [-0.2, -0.15) is 5.26 Å². The number of halogens is 1. The highest BCUT2D eigenvalue weighted by Gasteiger charge is 2.37. The first kappa shape index (κ1) is 19.0. The Morgan fingerprint density at radius 2 is 1.82 bits per heavy atom. The number of hydrogen-bond donors (Lipinski definition) is 0. The van der Waals surface area contributed by atoms with Gasteiger partial charge in [-0.3, -0.25) is 0 Å². The molecule has 3 heteroatoms. The fourth-order valence-electron chi connectivity index (χ4n) is 3.51. The molecule has 0 radical (unpaired) electrons. The van der Waals surface area contributed by atoms with Crippen LogP contribution >= 0.6 is 12.4 Å². The van der Waals surface area contributed by atoms with E-state index in [1.54, 1.807) is 0 Å². The van der Waals surface area contributed by atoms with Crippen molar-refractivity contribution in [1.82, 2.24) is 4.90 Å². The van der Waals surface area contributed by atoms with Gasteiger partial charge in [0.1, 0.15) is 0 Å². The van der Waals surface area contributed by atoms with Crippen LogP contribution in [-0.2, 0) is 5.41 Å². The summed E-state index contributed by atoms with van der Waals surface area (Å²) in [4.78, 5) is 2.54. The lowest BCUT2D eigenvalue weighted by molar-refractivity contribution is 0.198. The van der Waals surface area contributed by atoms with Crippen molar-refractivity contribution < 1.29 is 0 Å². The van der Waals surface area contributed by atoms with Gasteiger partial charge < -0.3 is 4.90 Å². The first-order valence-electron chi connectivity index (χ1n) is 8.42. The minimum absolute atomic E-state index is 0. The number of rotatable bonds is 6.